The molecule has 1 atom stereocenters. The number of carbonyl (C=O) groups is 1. The van der Waals surface area contributed by atoms with Crippen LogP contribution in [0.1, 0.15) is 18.6 Å². The minimum atomic E-state index is -1.30. The van der Waals surface area contributed by atoms with Crippen molar-refractivity contribution in [3.8, 4) is 12.3 Å². The largest absolute Gasteiger partial charge is 0.378 e. The van der Waals surface area contributed by atoms with Crippen molar-refractivity contribution < 1.29 is 14.3 Å². The van der Waals surface area contributed by atoms with Crippen molar-refractivity contribution in [1.82, 2.24) is 0 Å². The Morgan fingerprint density at radius 1 is 1.61 bits per heavy atom. The van der Waals surface area contributed by atoms with Gasteiger partial charge in [0.05, 0.1) is 12.2 Å². The fourth-order valence-corrected chi connectivity index (χ4v) is 1.97. The van der Waals surface area contributed by atoms with Crippen LogP contribution >= 0.6 is 0 Å². The minimum absolute atomic E-state index is 0.262. The zero-order valence-electron chi connectivity index (χ0n) is 9.90. The fraction of sp³-hybridized carbons (Fsp3) is 0.308. The molecule has 1 heterocycles. The van der Waals surface area contributed by atoms with Gasteiger partial charge >= 0.3 is 0 Å². The van der Waals surface area contributed by atoms with Gasteiger partial charge in [-0.25, -0.2) is 4.39 Å². The van der Waals surface area contributed by atoms with Crippen LogP contribution in [-0.4, -0.2) is 24.1 Å². The second-order valence-electron chi connectivity index (χ2n) is 4.00. The van der Waals surface area contributed by atoms with Crippen molar-refractivity contribution in [2.75, 3.05) is 23.3 Å². The van der Waals surface area contributed by atoms with Crippen molar-refractivity contribution >= 4 is 17.3 Å². The number of nitrogens with one attached hydrogen (secondary N) is 1. The van der Waals surface area contributed by atoms with Gasteiger partial charge in [0.1, 0.15) is 5.82 Å². The van der Waals surface area contributed by atoms with Crippen LogP contribution in [0.3, 0.4) is 0 Å². The summed E-state index contributed by atoms with van der Waals surface area (Å²) in [4.78, 5) is 13.0. The molecule has 1 aliphatic rings. The SMILES string of the molecule is C#CCN(CC)c1cc2c(cc1F)C(O)C(=O)N2. The molecule has 18 heavy (non-hydrogen) atoms. The number of benzene rings is 1. The molecule has 0 aliphatic carbocycles. The Morgan fingerprint density at radius 2 is 2.33 bits per heavy atom. The Bertz CT molecular complexity index is 537. The summed E-state index contributed by atoms with van der Waals surface area (Å²) >= 11 is 0. The molecule has 2 rings (SSSR count). The zero-order valence-corrected chi connectivity index (χ0v) is 9.90. The van der Waals surface area contributed by atoms with E-state index in [0.717, 1.165) is 0 Å². The van der Waals surface area contributed by atoms with Gasteiger partial charge in [-0.2, -0.15) is 0 Å². The molecule has 1 aromatic rings. The lowest BCUT2D eigenvalue weighted by Gasteiger charge is -2.21. The highest BCUT2D eigenvalue weighted by molar-refractivity contribution is 6.02. The van der Waals surface area contributed by atoms with E-state index in [9.17, 15) is 14.3 Å². The maximum absolute atomic E-state index is 13.9. The second kappa shape index (κ2) is 4.67. The van der Waals surface area contributed by atoms with E-state index >= 15 is 0 Å². The molecule has 1 aromatic carbocycles. The smallest absolute Gasteiger partial charge is 0.257 e. The van der Waals surface area contributed by atoms with E-state index in [4.69, 9.17) is 6.42 Å². The lowest BCUT2D eigenvalue weighted by molar-refractivity contribution is -0.123. The van der Waals surface area contributed by atoms with E-state index in [1.807, 2.05) is 6.92 Å². The van der Waals surface area contributed by atoms with E-state index in [1.54, 1.807) is 4.90 Å². The zero-order chi connectivity index (χ0) is 13.3. The average molecular weight is 248 g/mol. The first-order valence-electron chi connectivity index (χ1n) is 5.59. The molecule has 0 radical (unpaired) electrons. The van der Waals surface area contributed by atoms with Crippen molar-refractivity contribution in [1.29, 1.82) is 0 Å². The molecular weight excluding hydrogens is 235 g/mol. The van der Waals surface area contributed by atoms with Crippen LogP contribution in [-0.2, 0) is 4.79 Å². The molecule has 0 saturated heterocycles. The molecule has 1 aliphatic heterocycles. The minimum Gasteiger partial charge on any atom is -0.378 e. The monoisotopic (exact) mass is 248 g/mol. The summed E-state index contributed by atoms with van der Waals surface area (Å²) in [5.74, 6) is 1.41. The van der Waals surface area contributed by atoms with Gasteiger partial charge in [0.2, 0.25) is 0 Å². The average Bonchev–Trinajstić information content (AvgIpc) is 2.62. The van der Waals surface area contributed by atoms with Crippen LogP contribution in [0.15, 0.2) is 12.1 Å². The summed E-state index contributed by atoms with van der Waals surface area (Å²) in [6, 6.07) is 2.67. The molecule has 1 amide bonds. The molecule has 1 unspecified atom stereocenters. The lowest BCUT2D eigenvalue weighted by atomic mass is 10.1. The molecule has 0 saturated carbocycles. The molecular formula is C13H13FN2O2. The highest BCUT2D eigenvalue weighted by atomic mass is 19.1. The second-order valence-corrected chi connectivity index (χ2v) is 4.00. The number of hydrogen-bond acceptors (Lipinski definition) is 3. The summed E-state index contributed by atoms with van der Waals surface area (Å²) < 4.78 is 13.9. The maximum atomic E-state index is 13.9. The molecule has 5 heteroatoms. The topological polar surface area (TPSA) is 52.6 Å². The molecule has 0 fully saturated rings. The highest BCUT2D eigenvalue weighted by Gasteiger charge is 2.30. The number of anilines is 2. The summed E-state index contributed by atoms with van der Waals surface area (Å²) in [6.07, 6.45) is 3.93. The van der Waals surface area contributed by atoms with Gasteiger partial charge in [0.15, 0.2) is 6.10 Å². The van der Waals surface area contributed by atoms with Gasteiger partial charge in [-0.05, 0) is 19.1 Å². The number of aliphatic hydroxyl groups is 1. The van der Waals surface area contributed by atoms with E-state index in [-0.39, 0.29) is 12.1 Å². The van der Waals surface area contributed by atoms with Crippen LogP contribution < -0.4 is 10.2 Å². The summed E-state index contributed by atoms with van der Waals surface area (Å²) in [5, 5.41) is 12.0. The molecule has 2 N–H and O–H groups in total. The van der Waals surface area contributed by atoms with Gasteiger partial charge in [-0.3, -0.25) is 4.79 Å². The maximum Gasteiger partial charge on any atom is 0.257 e. The molecule has 0 spiro atoms. The Balaban J connectivity index is 2.44. The van der Waals surface area contributed by atoms with Crippen LogP contribution in [0.5, 0.6) is 0 Å². The lowest BCUT2D eigenvalue weighted by Crippen LogP contribution is -2.24. The van der Waals surface area contributed by atoms with E-state index < -0.39 is 17.8 Å². The van der Waals surface area contributed by atoms with Crippen LogP contribution in [0, 0.1) is 18.2 Å². The first kappa shape index (κ1) is 12.4. The number of terminal acetylenes is 1. The summed E-state index contributed by atoms with van der Waals surface area (Å²) in [6.45, 7) is 2.69. The molecule has 0 bridgehead atoms. The van der Waals surface area contributed by atoms with Crippen LogP contribution in [0.4, 0.5) is 15.8 Å². The third kappa shape index (κ3) is 1.91. The summed E-state index contributed by atoms with van der Waals surface area (Å²) in [7, 11) is 0. The normalized spacial score (nSPS) is 17.0. The first-order valence-corrected chi connectivity index (χ1v) is 5.59. The number of amides is 1. The standard InChI is InChI=1S/C13H13FN2O2/c1-3-5-16(4-2)11-7-10-8(6-9(11)14)12(17)13(18)15-10/h1,6-7,12,17H,4-5H2,2H3,(H,15,18). The van der Waals surface area contributed by atoms with Gasteiger partial charge in [0.25, 0.3) is 5.91 Å². The fourth-order valence-electron chi connectivity index (χ4n) is 1.97. The van der Waals surface area contributed by atoms with Gasteiger partial charge < -0.3 is 15.3 Å². The van der Waals surface area contributed by atoms with Crippen molar-refractivity contribution in [3.63, 3.8) is 0 Å². The Morgan fingerprint density at radius 3 is 2.94 bits per heavy atom. The predicted octanol–water partition coefficient (Wildman–Crippen LogP) is 1.27. The van der Waals surface area contributed by atoms with Gasteiger partial charge in [0, 0.05) is 17.8 Å². The number of fused-ring (bicyclic) bond motifs is 1. The van der Waals surface area contributed by atoms with E-state index in [2.05, 4.69) is 11.2 Å². The number of nitrogens with zero attached hydrogens (tertiary/aromatic N) is 1. The Kier molecular flexibility index (Phi) is 3.21. The number of halogens is 1. The number of hydrogen-bond donors (Lipinski definition) is 2. The molecule has 4 nitrogen and oxygen atoms in total. The quantitative estimate of drug-likeness (QED) is 0.792. The molecule has 0 aromatic heterocycles. The summed E-state index contributed by atoms with van der Waals surface area (Å²) in [5.41, 5.74) is 1.01. The number of carbonyl (C=O) groups excluding carboxylic acids is 1. The first-order chi connectivity index (χ1) is 8.58. The third-order valence-corrected chi connectivity index (χ3v) is 2.92. The van der Waals surface area contributed by atoms with Crippen LogP contribution in [0.2, 0.25) is 0 Å². The predicted molar refractivity (Wildman–Crippen MR) is 66.7 cm³/mol. The number of aliphatic hydroxyl groups excluding tert-OH is 1. The van der Waals surface area contributed by atoms with E-state index in [1.165, 1.54) is 12.1 Å². The Hall–Kier alpha value is -2.06. The van der Waals surface area contributed by atoms with Crippen molar-refractivity contribution in [2.45, 2.75) is 13.0 Å². The van der Waals surface area contributed by atoms with Gasteiger partial charge in [-0.1, -0.05) is 5.92 Å². The molecule has 94 valence electrons. The third-order valence-electron chi connectivity index (χ3n) is 2.92. The van der Waals surface area contributed by atoms with Gasteiger partial charge in [-0.15, -0.1) is 6.42 Å². The van der Waals surface area contributed by atoms with Crippen molar-refractivity contribution in [2.24, 2.45) is 0 Å². The Labute approximate surface area is 104 Å². The van der Waals surface area contributed by atoms with E-state index in [0.29, 0.717) is 17.9 Å². The number of rotatable bonds is 3. The van der Waals surface area contributed by atoms with Crippen molar-refractivity contribution in [3.05, 3.63) is 23.5 Å². The van der Waals surface area contributed by atoms with Crippen LogP contribution in [0.25, 0.3) is 0 Å². The highest BCUT2D eigenvalue weighted by Crippen LogP contribution is 2.35.